The molecule has 4 nitrogen and oxygen atoms in total. The largest absolute Gasteiger partial charge is 0.461 e. The van der Waals surface area contributed by atoms with Crippen LogP contribution in [0, 0.1) is 58.2 Å². The molecule has 0 radical (unpaired) electrons. The van der Waals surface area contributed by atoms with E-state index in [9.17, 15) is 53.5 Å². The fourth-order valence-electron chi connectivity index (χ4n) is 2.38. The Kier molecular flexibility index (Phi) is 8.28. The number of hydrogen-bond acceptors (Lipinski definition) is 4. The van der Waals surface area contributed by atoms with E-state index in [-0.39, 0.29) is 6.42 Å². The van der Waals surface area contributed by atoms with Crippen LogP contribution in [-0.4, -0.2) is 11.9 Å². The highest BCUT2D eigenvalue weighted by molar-refractivity contribution is 5.72. The van der Waals surface area contributed by atoms with Gasteiger partial charge in [-0.3, -0.25) is 9.59 Å². The quantitative estimate of drug-likeness (QED) is 0.225. The van der Waals surface area contributed by atoms with Gasteiger partial charge in [0.15, 0.2) is 46.5 Å². The van der Waals surface area contributed by atoms with Gasteiger partial charge in [0.05, 0.1) is 11.1 Å². The Bertz CT molecular complexity index is 959. The summed E-state index contributed by atoms with van der Waals surface area (Å²) in [5, 5.41) is 0. The second-order valence-corrected chi connectivity index (χ2v) is 6.27. The lowest BCUT2D eigenvalue weighted by molar-refractivity contribution is -0.147. The maximum absolute atomic E-state index is 13.5. The lowest BCUT2D eigenvalue weighted by Gasteiger charge is -2.10. The molecule has 180 valence electrons. The third kappa shape index (κ3) is 5.54. The highest BCUT2D eigenvalue weighted by atomic mass is 19.2. The predicted molar refractivity (Wildman–Crippen MR) is 85.9 cm³/mol. The van der Waals surface area contributed by atoms with E-state index >= 15 is 0 Å². The van der Waals surface area contributed by atoms with Gasteiger partial charge >= 0.3 is 11.9 Å². The Hall–Kier alpha value is -3.32. The van der Waals surface area contributed by atoms with Crippen molar-refractivity contribution in [2.45, 2.75) is 32.5 Å². The number of ether oxygens (including phenoxy) is 2. The molecule has 0 aromatic heterocycles. The molecular formula is C19H10F10O4. The third-order valence-electron chi connectivity index (χ3n) is 4.12. The van der Waals surface area contributed by atoms with Gasteiger partial charge in [-0.25, -0.2) is 43.9 Å². The van der Waals surface area contributed by atoms with Crippen LogP contribution in [0.5, 0.6) is 0 Å². The van der Waals surface area contributed by atoms with Crippen molar-refractivity contribution in [3.05, 3.63) is 69.3 Å². The molecule has 0 saturated carbocycles. The second kappa shape index (κ2) is 10.5. The first-order valence-corrected chi connectivity index (χ1v) is 8.70. The molecule has 0 aliphatic rings. The fourth-order valence-corrected chi connectivity index (χ4v) is 2.38. The molecule has 0 unspecified atom stereocenters. The summed E-state index contributed by atoms with van der Waals surface area (Å²) in [4.78, 5) is 23.1. The van der Waals surface area contributed by atoms with Crippen molar-refractivity contribution in [3.63, 3.8) is 0 Å². The van der Waals surface area contributed by atoms with Crippen molar-refractivity contribution >= 4 is 11.9 Å². The second-order valence-electron chi connectivity index (χ2n) is 6.27. The minimum absolute atomic E-state index is 0.369. The van der Waals surface area contributed by atoms with E-state index in [1.165, 1.54) is 0 Å². The van der Waals surface area contributed by atoms with Crippen LogP contribution < -0.4 is 0 Å². The molecule has 0 heterocycles. The topological polar surface area (TPSA) is 52.6 Å². The molecule has 0 aliphatic heterocycles. The van der Waals surface area contributed by atoms with E-state index in [0.29, 0.717) is 0 Å². The van der Waals surface area contributed by atoms with E-state index in [4.69, 9.17) is 0 Å². The van der Waals surface area contributed by atoms with E-state index < -0.39 is 107 Å². The Labute approximate surface area is 177 Å². The van der Waals surface area contributed by atoms with E-state index in [1.807, 2.05) is 0 Å². The van der Waals surface area contributed by atoms with Crippen molar-refractivity contribution < 1.29 is 63.0 Å². The van der Waals surface area contributed by atoms with Crippen LogP contribution in [0.15, 0.2) is 0 Å². The molecule has 0 amide bonds. The minimum atomic E-state index is -2.40. The molecule has 0 aliphatic carbocycles. The van der Waals surface area contributed by atoms with Crippen LogP contribution in [0.2, 0.25) is 0 Å². The van der Waals surface area contributed by atoms with E-state index in [2.05, 4.69) is 9.47 Å². The van der Waals surface area contributed by atoms with E-state index in [1.54, 1.807) is 0 Å². The lowest BCUT2D eigenvalue weighted by Crippen LogP contribution is -2.13. The van der Waals surface area contributed by atoms with Crippen LogP contribution in [0.25, 0.3) is 0 Å². The molecule has 0 atom stereocenters. The van der Waals surface area contributed by atoms with Crippen LogP contribution >= 0.6 is 0 Å². The smallest absolute Gasteiger partial charge is 0.306 e. The Morgan fingerprint density at radius 3 is 0.970 bits per heavy atom. The molecule has 2 aromatic carbocycles. The standard InChI is InChI=1S/C19H10F10O4/c20-10-6(11(21)15(25)18(28)14(10)24)4-32-8(30)2-1-3-9(31)33-5-7-12(22)16(26)19(29)17(27)13(7)23/h1-5H2. The summed E-state index contributed by atoms with van der Waals surface area (Å²) in [6.07, 6.45) is -1.61. The molecular weight excluding hydrogens is 482 g/mol. The highest BCUT2D eigenvalue weighted by Crippen LogP contribution is 2.25. The normalized spacial score (nSPS) is 11.0. The zero-order valence-corrected chi connectivity index (χ0v) is 15.9. The summed E-state index contributed by atoms with van der Waals surface area (Å²) in [5.74, 6) is -25.0. The van der Waals surface area contributed by atoms with Gasteiger partial charge in [0.1, 0.15) is 13.2 Å². The average Bonchev–Trinajstić information content (AvgIpc) is 2.78. The number of benzene rings is 2. The molecule has 2 rings (SSSR count). The van der Waals surface area contributed by atoms with Gasteiger partial charge in [0.25, 0.3) is 0 Å². The van der Waals surface area contributed by atoms with Crippen molar-refractivity contribution in [1.29, 1.82) is 0 Å². The summed E-state index contributed by atoms with van der Waals surface area (Å²) in [5.41, 5.74) is -2.80. The summed E-state index contributed by atoms with van der Waals surface area (Å²) >= 11 is 0. The number of hydrogen-bond donors (Lipinski definition) is 0. The lowest BCUT2D eigenvalue weighted by atomic mass is 10.1. The molecule has 0 bridgehead atoms. The third-order valence-corrected chi connectivity index (χ3v) is 4.12. The van der Waals surface area contributed by atoms with Gasteiger partial charge in [-0.1, -0.05) is 0 Å². The van der Waals surface area contributed by atoms with Crippen LogP contribution in [0.3, 0.4) is 0 Å². The monoisotopic (exact) mass is 492 g/mol. The number of carbonyl (C=O) groups is 2. The number of rotatable bonds is 8. The SMILES string of the molecule is O=C(CCCC(=O)OCc1c(F)c(F)c(F)c(F)c1F)OCc1c(F)c(F)c(F)c(F)c1F. The highest BCUT2D eigenvalue weighted by Gasteiger charge is 2.27. The molecule has 0 fully saturated rings. The number of esters is 2. The van der Waals surface area contributed by atoms with E-state index in [0.717, 1.165) is 0 Å². The van der Waals surface area contributed by atoms with Gasteiger partial charge < -0.3 is 9.47 Å². The summed E-state index contributed by atoms with van der Waals surface area (Å²) in [7, 11) is 0. The van der Waals surface area contributed by atoms with Crippen LogP contribution in [-0.2, 0) is 32.3 Å². The molecule has 33 heavy (non-hydrogen) atoms. The van der Waals surface area contributed by atoms with Gasteiger partial charge in [-0.2, -0.15) is 0 Å². The van der Waals surface area contributed by atoms with Gasteiger partial charge in [0, 0.05) is 12.8 Å². The molecule has 0 N–H and O–H groups in total. The van der Waals surface area contributed by atoms with Gasteiger partial charge in [-0.05, 0) is 6.42 Å². The number of carbonyl (C=O) groups excluding carboxylic acids is 2. The zero-order chi connectivity index (χ0) is 25.0. The average molecular weight is 492 g/mol. The fraction of sp³-hybridized carbons (Fsp3) is 0.263. The molecule has 0 spiro atoms. The van der Waals surface area contributed by atoms with Crippen LogP contribution in [0.4, 0.5) is 43.9 Å². The predicted octanol–water partition coefficient (Wildman–Crippen LogP) is 5.03. The molecule has 0 saturated heterocycles. The van der Waals surface area contributed by atoms with Gasteiger partial charge in [0.2, 0.25) is 11.6 Å². The maximum atomic E-state index is 13.5. The summed E-state index contributed by atoms with van der Waals surface area (Å²) in [6.45, 7) is -2.62. The van der Waals surface area contributed by atoms with Crippen molar-refractivity contribution in [2.24, 2.45) is 0 Å². The number of halogens is 10. The Morgan fingerprint density at radius 2 is 0.697 bits per heavy atom. The van der Waals surface area contributed by atoms with Crippen molar-refractivity contribution in [1.82, 2.24) is 0 Å². The van der Waals surface area contributed by atoms with Crippen molar-refractivity contribution in [3.8, 4) is 0 Å². The van der Waals surface area contributed by atoms with Gasteiger partial charge in [-0.15, -0.1) is 0 Å². The zero-order valence-electron chi connectivity index (χ0n) is 15.9. The Morgan fingerprint density at radius 1 is 0.455 bits per heavy atom. The first-order chi connectivity index (χ1) is 15.4. The van der Waals surface area contributed by atoms with Crippen molar-refractivity contribution in [2.75, 3.05) is 0 Å². The molecule has 14 heteroatoms. The minimum Gasteiger partial charge on any atom is -0.461 e. The first kappa shape index (κ1) is 25.9. The maximum Gasteiger partial charge on any atom is 0.306 e. The Balaban J connectivity index is 1.85. The molecule has 2 aromatic rings. The van der Waals surface area contributed by atoms with Crippen LogP contribution in [0.1, 0.15) is 30.4 Å². The first-order valence-electron chi connectivity index (χ1n) is 8.70. The summed E-state index contributed by atoms with van der Waals surface area (Å²) < 4.78 is 141. The summed E-state index contributed by atoms with van der Waals surface area (Å²) in [6, 6.07) is 0.